The molecule has 15 heavy (non-hydrogen) atoms. The largest absolute Gasteiger partial charge is 0.445 e. The highest BCUT2D eigenvalue weighted by Crippen LogP contribution is 2.24. The molecule has 0 saturated heterocycles. The predicted molar refractivity (Wildman–Crippen MR) is 60.5 cm³/mol. The highest BCUT2D eigenvalue weighted by Gasteiger charge is 2.10. The Labute approximate surface area is 88.9 Å². The van der Waals surface area contributed by atoms with Crippen LogP contribution in [-0.4, -0.2) is 4.98 Å². The number of nitrogens with zero attached hydrogens (tertiary/aromatic N) is 1. The van der Waals surface area contributed by atoms with Crippen LogP contribution in [0.1, 0.15) is 18.6 Å². The maximum absolute atomic E-state index is 5.73. The highest BCUT2D eigenvalue weighted by atomic mass is 16.4. The Kier molecular flexibility index (Phi) is 2.46. The van der Waals surface area contributed by atoms with Gasteiger partial charge < -0.3 is 10.2 Å². The Morgan fingerprint density at radius 3 is 2.80 bits per heavy atom. The molecule has 0 unspecified atom stereocenters. The minimum atomic E-state index is 0.743. The Balaban J connectivity index is 2.48. The molecule has 0 saturated carbocycles. The lowest BCUT2D eigenvalue weighted by Crippen LogP contribution is -1.86. The van der Waals surface area contributed by atoms with E-state index in [-0.39, 0.29) is 0 Å². The molecule has 1 heterocycles. The SMILES string of the molecule is CCc1nc(-c2cccc(N)c2)c(C)o1. The number of aromatic nitrogens is 1. The summed E-state index contributed by atoms with van der Waals surface area (Å²) >= 11 is 0. The van der Waals surface area contributed by atoms with Gasteiger partial charge in [0.15, 0.2) is 5.89 Å². The van der Waals surface area contributed by atoms with Crippen molar-refractivity contribution in [1.82, 2.24) is 4.98 Å². The molecule has 78 valence electrons. The summed E-state index contributed by atoms with van der Waals surface area (Å²) in [6.07, 6.45) is 0.809. The first-order chi connectivity index (χ1) is 7.20. The van der Waals surface area contributed by atoms with E-state index in [0.717, 1.165) is 35.0 Å². The van der Waals surface area contributed by atoms with Gasteiger partial charge in [0.1, 0.15) is 11.5 Å². The molecular formula is C12H14N2O. The van der Waals surface area contributed by atoms with E-state index >= 15 is 0 Å². The first kappa shape index (κ1) is 9.77. The maximum Gasteiger partial charge on any atom is 0.194 e. The van der Waals surface area contributed by atoms with Crippen molar-refractivity contribution in [2.24, 2.45) is 0 Å². The average Bonchev–Trinajstić information content (AvgIpc) is 2.60. The molecule has 0 fully saturated rings. The van der Waals surface area contributed by atoms with Gasteiger partial charge in [-0.1, -0.05) is 19.1 Å². The zero-order valence-corrected chi connectivity index (χ0v) is 8.95. The molecule has 3 heteroatoms. The van der Waals surface area contributed by atoms with Crippen molar-refractivity contribution >= 4 is 5.69 Å². The molecule has 0 atom stereocenters. The molecule has 2 aromatic rings. The van der Waals surface area contributed by atoms with E-state index < -0.39 is 0 Å². The van der Waals surface area contributed by atoms with Gasteiger partial charge in [0.05, 0.1) is 0 Å². The molecule has 0 aliphatic heterocycles. The first-order valence-electron chi connectivity index (χ1n) is 5.03. The number of nitrogens with two attached hydrogens (primary N) is 1. The number of anilines is 1. The third-order valence-corrected chi connectivity index (χ3v) is 2.30. The minimum absolute atomic E-state index is 0.743. The van der Waals surface area contributed by atoms with Crippen LogP contribution in [0.3, 0.4) is 0 Å². The maximum atomic E-state index is 5.73. The summed E-state index contributed by atoms with van der Waals surface area (Å²) in [4.78, 5) is 4.42. The van der Waals surface area contributed by atoms with Crippen LogP contribution < -0.4 is 5.73 Å². The minimum Gasteiger partial charge on any atom is -0.445 e. The zero-order chi connectivity index (χ0) is 10.8. The summed E-state index contributed by atoms with van der Waals surface area (Å²) in [5.41, 5.74) is 8.37. The van der Waals surface area contributed by atoms with Crippen LogP contribution in [0.5, 0.6) is 0 Å². The Morgan fingerprint density at radius 2 is 2.20 bits per heavy atom. The number of rotatable bonds is 2. The van der Waals surface area contributed by atoms with E-state index in [0.29, 0.717) is 0 Å². The van der Waals surface area contributed by atoms with Gasteiger partial charge in [-0.25, -0.2) is 4.98 Å². The second-order valence-corrected chi connectivity index (χ2v) is 3.49. The van der Waals surface area contributed by atoms with E-state index in [9.17, 15) is 0 Å². The normalized spacial score (nSPS) is 10.5. The van der Waals surface area contributed by atoms with Gasteiger partial charge in [-0.2, -0.15) is 0 Å². The Morgan fingerprint density at radius 1 is 1.40 bits per heavy atom. The molecule has 1 aromatic carbocycles. The molecule has 3 nitrogen and oxygen atoms in total. The van der Waals surface area contributed by atoms with Crippen molar-refractivity contribution in [2.75, 3.05) is 5.73 Å². The lowest BCUT2D eigenvalue weighted by molar-refractivity contribution is 0.477. The summed E-state index contributed by atoms with van der Waals surface area (Å²) in [5.74, 6) is 1.61. The van der Waals surface area contributed by atoms with Gasteiger partial charge in [-0.3, -0.25) is 0 Å². The fourth-order valence-corrected chi connectivity index (χ4v) is 1.56. The second-order valence-electron chi connectivity index (χ2n) is 3.49. The molecule has 0 aliphatic carbocycles. The zero-order valence-electron chi connectivity index (χ0n) is 8.95. The fraction of sp³-hybridized carbons (Fsp3) is 0.250. The summed E-state index contributed by atoms with van der Waals surface area (Å²) in [6.45, 7) is 3.94. The molecule has 0 spiro atoms. The van der Waals surface area contributed by atoms with E-state index in [4.69, 9.17) is 10.2 Å². The van der Waals surface area contributed by atoms with Crippen LogP contribution in [-0.2, 0) is 6.42 Å². The number of nitrogen functional groups attached to an aromatic ring is 1. The van der Waals surface area contributed by atoms with Gasteiger partial charge in [-0.15, -0.1) is 0 Å². The molecule has 0 bridgehead atoms. The van der Waals surface area contributed by atoms with E-state index in [1.807, 2.05) is 38.1 Å². The van der Waals surface area contributed by atoms with E-state index in [1.165, 1.54) is 0 Å². The first-order valence-corrected chi connectivity index (χ1v) is 5.03. The van der Waals surface area contributed by atoms with Crippen LogP contribution in [0.4, 0.5) is 5.69 Å². The molecule has 2 N–H and O–H groups in total. The number of hydrogen-bond acceptors (Lipinski definition) is 3. The number of benzene rings is 1. The summed E-state index contributed by atoms with van der Waals surface area (Å²) in [7, 11) is 0. The van der Waals surface area contributed by atoms with Gasteiger partial charge in [-0.05, 0) is 19.1 Å². The van der Waals surface area contributed by atoms with E-state index in [2.05, 4.69) is 4.98 Å². The van der Waals surface area contributed by atoms with Crippen molar-refractivity contribution in [3.05, 3.63) is 35.9 Å². The topological polar surface area (TPSA) is 52.0 Å². The molecule has 1 aromatic heterocycles. The summed E-state index contributed by atoms with van der Waals surface area (Å²) in [5, 5.41) is 0. The number of aryl methyl sites for hydroxylation is 2. The number of hydrogen-bond donors (Lipinski definition) is 1. The van der Waals surface area contributed by atoms with Crippen molar-refractivity contribution in [2.45, 2.75) is 20.3 Å². The van der Waals surface area contributed by atoms with Gasteiger partial charge in [0.25, 0.3) is 0 Å². The average molecular weight is 202 g/mol. The van der Waals surface area contributed by atoms with Crippen LogP contribution in [0.25, 0.3) is 11.3 Å². The smallest absolute Gasteiger partial charge is 0.194 e. The van der Waals surface area contributed by atoms with Gasteiger partial charge in [0, 0.05) is 17.7 Å². The molecule has 0 aliphatic rings. The van der Waals surface area contributed by atoms with Crippen molar-refractivity contribution < 1.29 is 4.42 Å². The standard InChI is InChI=1S/C12H14N2O/c1-3-11-14-12(8(2)15-11)9-5-4-6-10(13)7-9/h4-7H,3,13H2,1-2H3. The molecule has 2 rings (SSSR count). The van der Waals surface area contributed by atoms with Crippen molar-refractivity contribution in [3.8, 4) is 11.3 Å². The lowest BCUT2D eigenvalue weighted by atomic mass is 10.1. The van der Waals surface area contributed by atoms with Gasteiger partial charge in [0.2, 0.25) is 0 Å². The van der Waals surface area contributed by atoms with Crippen molar-refractivity contribution in [1.29, 1.82) is 0 Å². The third-order valence-electron chi connectivity index (χ3n) is 2.30. The van der Waals surface area contributed by atoms with Gasteiger partial charge >= 0.3 is 0 Å². The van der Waals surface area contributed by atoms with Crippen LogP contribution in [0.15, 0.2) is 28.7 Å². The van der Waals surface area contributed by atoms with Crippen molar-refractivity contribution in [3.63, 3.8) is 0 Å². The summed E-state index contributed by atoms with van der Waals surface area (Å²) in [6, 6.07) is 7.68. The quantitative estimate of drug-likeness (QED) is 0.762. The van der Waals surface area contributed by atoms with Crippen LogP contribution >= 0.6 is 0 Å². The monoisotopic (exact) mass is 202 g/mol. The van der Waals surface area contributed by atoms with Crippen LogP contribution in [0, 0.1) is 6.92 Å². The predicted octanol–water partition coefficient (Wildman–Crippen LogP) is 2.79. The molecule has 0 radical (unpaired) electrons. The fourth-order valence-electron chi connectivity index (χ4n) is 1.56. The van der Waals surface area contributed by atoms with Crippen LogP contribution in [0.2, 0.25) is 0 Å². The second kappa shape index (κ2) is 3.77. The van der Waals surface area contributed by atoms with E-state index in [1.54, 1.807) is 0 Å². The highest BCUT2D eigenvalue weighted by molar-refractivity contribution is 5.65. The number of oxazole rings is 1. The summed E-state index contributed by atoms with van der Waals surface area (Å²) < 4.78 is 5.51. The lowest BCUT2D eigenvalue weighted by Gasteiger charge is -1.98. The third kappa shape index (κ3) is 1.86. The molecule has 0 amide bonds. The molecular weight excluding hydrogens is 188 g/mol. The Hall–Kier alpha value is -1.77. The Bertz CT molecular complexity index is 474.